The molecule has 142 valence electrons. The van der Waals surface area contributed by atoms with Gasteiger partial charge in [0.05, 0.1) is 31.1 Å². The van der Waals surface area contributed by atoms with Gasteiger partial charge >= 0.3 is 0 Å². The summed E-state index contributed by atoms with van der Waals surface area (Å²) >= 11 is 0. The highest BCUT2D eigenvalue weighted by Crippen LogP contribution is 2.35. The maximum Gasteiger partial charge on any atom is 0.245 e. The van der Waals surface area contributed by atoms with E-state index in [2.05, 4.69) is 46.6 Å². The predicted molar refractivity (Wildman–Crippen MR) is 108 cm³/mol. The molecule has 0 aromatic heterocycles. The molecule has 0 aliphatic carbocycles. The fourth-order valence-corrected chi connectivity index (χ4v) is 3.88. The number of carbonyl (C=O) groups is 1. The minimum atomic E-state index is 0.0961. The van der Waals surface area contributed by atoms with E-state index in [4.69, 9.17) is 4.74 Å². The molecule has 1 saturated heterocycles. The molecule has 5 heteroatoms. The quantitative estimate of drug-likeness (QED) is 0.827. The molecular formula is C22H27N3O2. The molecule has 2 aliphatic rings. The van der Waals surface area contributed by atoms with E-state index in [1.165, 1.54) is 11.1 Å². The molecular weight excluding hydrogens is 338 g/mol. The number of morpholine rings is 1. The number of para-hydroxylation sites is 2. The highest BCUT2D eigenvalue weighted by Gasteiger charge is 2.25. The van der Waals surface area contributed by atoms with E-state index in [1.807, 2.05) is 17.0 Å². The molecule has 1 N–H and O–H groups in total. The number of nitrogens with zero attached hydrogens (tertiary/aromatic N) is 2. The molecule has 27 heavy (non-hydrogen) atoms. The molecule has 1 fully saturated rings. The fourth-order valence-electron chi connectivity index (χ4n) is 3.88. The van der Waals surface area contributed by atoms with Gasteiger partial charge in [0.2, 0.25) is 5.91 Å². The van der Waals surface area contributed by atoms with Crippen molar-refractivity contribution in [3.8, 4) is 0 Å². The molecule has 4 rings (SSSR count). The largest absolute Gasteiger partial charge is 0.379 e. The van der Waals surface area contributed by atoms with Crippen LogP contribution in [0.3, 0.4) is 0 Å². The van der Waals surface area contributed by atoms with E-state index in [0.29, 0.717) is 6.54 Å². The van der Waals surface area contributed by atoms with Crippen LogP contribution in [0.1, 0.15) is 11.1 Å². The maximum atomic E-state index is 13.2. The third-order valence-corrected chi connectivity index (χ3v) is 5.36. The van der Waals surface area contributed by atoms with Gasteiger partial charge < -0.3 is 10.1 Å². The van der Waals surface area contributed by atoms with Crippen molar-refractivity contribution >= 4 is 17.3 Å². The SMILES string of the molecule is O=C(CNCCN1CCOCC1)N1c2ccccc2CCc2ccccc21. The van der Waals surface area contributed by atoms with E-state index in [1.54, 1.807) is 0 Å². The third-order valence-electron chi connectivity index (χ3n) is 5.36. The number of aryl methyl sites for hydroxylation is 2. The van der Waals surface area contributed by atoms with E-state index in [-0.39, 0.29) is 5.91 Å². The molecule has 0 spiro atoms. The maximum absolute atomic E-state index is 13.2. The lowest BCUT2D eigenvalue weighted by Crippen LogP contribution is -2.42. The smallest absolute Gasteiger partial charge is 0.245 e. The Labute approximate surface area is 160 Å². The minimum Gasteiger partial charge on any atom is -0.379 e. The summed E-state index contributed by atoms with van der Waals surface area (Å²) in [5, 5.41) is 3.34. The summed E-state index contributed by atoms with van der Waals surface area (Å²) in [7, 11) is 0. The average molecular weight is 365 g/mol. The summed E-state index contributed by atoms with van der Waals surface area (Å²) in [4.78, 5) is 17.4. The van der Waals surface area contributed by atoms with E-state index >= 15 is 0 Å². The van der Waals surface area contributed by atoms with Crippen LogP contribution in [0.4, 0.5) is 11.4 Å². The lowest BCUT2D eigenvalue weighted by molar-refractivity contribution is -0.117. The van der Waals surface area contributed by atoms with E-state index in [9.17, 15) is 4.79 Å². The lowest BCUT2D eigenvalue weighted by atomic mass is 10.0. The summed E-state index contributed by atoms with van der Waals surface area (Å²) in [5.74, 6) is 0.0961. The van der Waals surface area contributed by atoms with Crippen LogP contribution in [-0.2, 0) is 22.4 Å². The van der Waals surface area contributed by atoms with Gasteiger partial charge in [-0.15, -0.1) is 0 Å². The number of anilines is 2. The van der Waals surface area contributed by atoms with Crippen molar-refractivity contribution in [3.63, 3.8) is 0 Å². The number of carbonyl (C=O) groups excluding carboxylic acids is 1. The highest BCUT2D eigenvalue weighted by molar-refractivity contribution is 6.03. The molecule has 2 aromatic rings. The monoisotopic (exact) mass is 365 g/mol. The first-order chi connectivity index (χ1) is 13.3. The fraction of sp³-hybridized carbons (Fsp3) is 0.409. The summed E-state index contributed by atoms with van der Waals surface area (Å²) in [6.07, 6.45) is 1.92. The Hall–Kier alpha value is -2.21. The molecule has 0 atom stereocenters. The molecule has 0 bridgehead atoms. The molecule has 5 nitrogen and oxygen atoms in total. The van der Waals surface area contributed by atoms with E-state index in [0.717, 1.165) is 63.6 Å². The van der Waals surface area contributed by atoms with Crippen LogP contribution in [0.5, 0.6) is 0 Å². The van der Waals surface area contributed by atoms with Crippen molar-refractivity contribution in [1.29, 1.82) is 0 Å². The van der Waals surface area contributed by atoms with Crippen LogP contribution < -0.4 is 10.2 Å². The summed E-state index contributed by atoms with van der Waals surface area (Å²) in [6, 6.07) is 16.5. The van der Waals surface area contributed by atoms with Crippen LogP contribution >= 0.6 is 0 Å². The van der Waals surface area contributed by atoms with Gasteiger partial charge in [-0.05, 0) is 36.1 Å². The van der Waals surface area contributed by atoms with Gasteiger partial charge in [-0.2, -0.15) is 0 Å². The van der Waals surface area contributed by atoms with Gasteiger partial charge in [0, 0.05) is 26.2 Å². The zero-order valence-electron chi connectivity index (χ0n) is 15.7. The van der Waals surface area contributed by atoms with Gasteiger partial charge in [-0.3, -0.25) is 14.6 Å². The van der Waals surface area contributed by atoms with Gasteiger partial charge in [-0.25, -0.2) is 0 Å². The molecule has 2 heterocycles. The van der Waals surface area contributed by atoms with Gasteiger partial charge in [0.1, 0.15) is 0 Å². The van der Waals surface area contributed by atoms with Crippen LogP contribution in [0.2, 0.25) is 0 Å². The second-order valence-electron chi connectivity index (χ2n) is 7.12. The summed E-state index contributed by atoms with van der Waals surface area (Å²) in [6.45, 7) is 5.66. The molecule has 0 unspecified atom stereocenters. The number of amides is 1. The van der Waals surface area contributed by atoms with Gasteiger partial charge in [0.25, 0.3) is 0 Å². The molecule has 0 saturated carbocycles. The van der Waals surface area contributed by atoms with Crippen LogP contribution in [0, 0.1) is 0 Å². The zero-order valence-corrected chi connectivity index (χ0v) is 15.7. The first kappa shape index (κ1) is 18.2. The Bertz CT molecular complexity index is 739. The number of fused-ring (bicyclic) bond motifs is 2. The van der Waals surface area contributed by atoms with Crippen LogP contribution in [-0.4, -0.2) is 56.7 Å². The van der Waals surface area contributed by atoms with Gasteiger partial charge in [-0.1, -0.05) is 36.4 Å². The number of nitrogens with one attached hydrogen (secondary N) is 1. The number of rotatable bonds is 5. The predicted octanol–water partition coefficient (Wildman–Crippen LogP) is 2.37. The number of hydrogen-bond acceptors (Lipinski definition) is 4. The molecule has 1 amide bonds. The van der Waals surface area contributed by atoms with E-state index < -0.39 is 0 Å². The van der Waals surface area contributed by atoms with Crippen molar-refractivity contribution in [1.82, 2.24) is 10.2 Å². The Morgan fingerprint density at radius 3 is 2.15 bits per heavy atom. The van der Waals surface area contributed by atoms with Crippen molar-refractivity contribution in [2.45, 2.75) is 12.8 Å². The summed E-state index contributed by atoms with van der Waals surface area (Å²) in [5.41, 5.74) is 4.50. The topological polar surface area (TPSA) is 44.8 Å². The Morgan fingerprint density at radius 2 is 1.52 bits per heavy atom. The van der Waals surface area contributed by atoms with Crippen molar-refractivity contribution in [2.24, 2.45) is 0 Å². The third kappa shape index (κ3) is 4.21. The van der Waals surface area contributed by atoms with Crippen LogP contribution in [0.15, 0.2) is 48.5 Å². The second-order valence-corrected chi connectivity index (χ2v) is 7.12. The molecule has 2 aliphatic heterocycles. The molecule has 2 aromatic carbocycles. The number of hydrogen-bond donors (Lipinski definition) is 1. The molecule has 0 radical (unpaired) electrons. The average Bonchev–Trinajstić information content (AvgIpc) is 2.89. The Balaban J connectivity index is 1.45. The van der Waals surface area contributed by atoms with Crippen molar-refractivity contribution in [3.05, 3.63) is 59.7 Å². The number of benzene rings is 2. The Kier molecular flexibility index (Phi) is 5.82. The lowest BCUT2D eigenvalue weighted by Gasteiger charge is -2.27. The van der Waals surface area contributed by atoms with Crippen molar-refractivity contribution < 1.29 is 9.53 Å². The number of ether oxygens (including phenoxy) is 1. The van der Waals surface area contributed by atoms with Gasteiger partial charge in [0.15, 0.2) is 0 Å². The zero-order chi connectivity index (χ0) is 18.5. The standard InChI is InChI=1S/C22H27N3O2/c26-22(17-23-11-12-24-13-15-27-16-14-24)25-20-7-3-1-5-18(20)9-10-19-6-2-4-8-21(19)25/h1-8,23H,9-17H2. The highest BCUT2D eigenvalue weighted by atomic mass is 16.5. The second kappa shape index (κ2) is 8.65. The van der Waals surface area contributed by atoms with Crippen LogP contribution in [0.25, 0.3) is 0 Å². The first-order valence-corrected chi connectivity index (χ1v) is 9.82. The minimum absolute atomic E-state index is 0.0961. The Morgan fingerprint density at radius 1 is 0.926 bits per heavy atom. The first-order valence-electron chi connectivity index (χ1n) is 9.82. The van der Waals surface area contributed by atoms with Crippen molar-refractivity contribution in [2.75, 3.05) is 50.8 Å². The normalized spacial score (nSPS) is 17.1. The summed E-state index contributed by atoms with van der Waals surface area (Å²) < 4.78 is 5.38.